The van der Waals surface area contributed by atoms with Gasteiger partial charge in [-0.1, -0.05) is 13.8 Å². The summed E-state index contributed by atoms with van der Waals surface area (Å²) in [7, 11) is 0. The first-order valence-corrected chi connectivity index (χ1v) is 7.03. The second-order valence-electron chi connectivity index (χ2n) is 6.23. The first-order valence-electron chi connectivity index (χ1n) is 7.03. The SMILES string of the molecule is CC(C)CNC(=O)C1(CCO)CC12CCOCC2. The summed E-state index contributed by atoms with van der Waals surface area (Å²) in [4.78, 5) is 12.4. The fraction of sp³-hybridized carbons (Fsp3) is 0.929. The highest BCUT2D eigenvalue weighted by Gasteiger charge is 2.70. The number of aliphatic hydroxyl groups excluding tert-OH is 1. The highest BCUT2D eigenvalue weighted by Crippen LogP contribution is 2.70. The molecule has 4 nitrogen and oxygen atoms in total. The van der Waals surface area contributed by atoms with E-state index in [-0.39, 0.29) is 23.3 Å². The molecule has 1 unspecified atom stereocenters. The quantitative estimate of drug-likeness (QED) is 0.779. The maximum Gasteiger partial charge on any atom is 0.226 e. The van der Waals surface area contributed by atoms with Gasteiger partial charge >= 0.3 is 0 Å². The molecule has 1 heterocycles. The van der Waals surface area contributed by atoms with Gasteiger partial charge in [0.05, 0.1) is 5.41 Å². The Kier molecular flexibility index (Phi) is 3.97. The summed E-state index contributed by atoms with van der Waals surface area (Å²) in [6.45, 7) is 6.51. The molecule has 1 aliphatic carbocycles. The molecule has 2 fully saturated rings. The van der Waals surface area contributed by atoms with Gasteiger partial charge in [0, 0.05) is 26.4 Å². The zero-order valence-corrected chi connectivity index (χ0v) is 11.5. The molecule has 0 radical (unpaired) electrons. The number of nitrogens with one attached hydrogen (secondary N) is 1. The van der Waals surface area contributed by atoms with Crippen LogP contribution in [0.5, 0.6) is 0 Å². The first-order chi connectivity index (χ1) is 8.56. The van der Waals surface area contributed by atoms with E-state index in [1.54, 1.807) is 0 Å². The molecule has 104 valence electrons. The summed E-state index contributed by atoms with van der Waals surface area (Å²) in [5.41, 5.74) is -0.213. The fourth-order valence-electron chi connectivity index (χ4n) is 3.40. The van der Waals surface area contributed by atoms with Gasteiger partial charge in [0.2, 0.25) is 5.91 Å². The van der Waals surface area contributed by atoms with Gasteiger partial charge in [-0.2, -0.15) is 0 Å². The van der Waals surface area contributed by atoms with Gasteiger partial charge in [-0.15, -0.1) is 0 Å². The van der Waals surface area contributed by atoms with Crippen LogP contribution in [-0.4, -0.2) is 37.4 Å². The average Bonchev–Trinajstić information content (AvgIpc) is 2.95. The largest absolute Gasteiger partial charge is 0.396 e. The molecule has 2 rings (SSSR count). The summed E-state index contributed by atoms with van der Waals surface area (Å²) in [6.07, 6.45) is 3.44. The molecule has 2 aliphatic rings. The monoisotopic (exact) mass is 255 g/mol. The van der Waals surface area contributed by atoms with Crippen molar-refractivity contribution in [2.75, 3.05) is 26.4 Å². The Morgan fingerprint density at radius 2 is 2.06 bits per heavy atom. The van der Waals surface area contributed by atoms with Crippen molar-refractivity contribution >= 4 is 5.91 Å². The lowest BCUT2D eigenvalue weighted by Gasteiger charge is -2.28. The van der Waals surface area contributed by atoms with Crippen molar-refractivity contribution < 1.29 is 14.6 Å². The van der Waals surface area contributed by atoms with E-state index in [1.165, 1.54) is 0 Å². The Labute approximate surface area is 109 Å². The molecule has 1 saturated carbocycles. The Hall–Kier alpha value is -0.610. The molecule has 0 aromatic heterocycles. The molecule has 4 heteroatoms. The van der Waals surface area contributed by atoms with Gasteiger partial charge in [0.1, 0.15) is 0 Å². The maximum atomic E-state index is 12.4. The minimum absolute atomic E-state index is 0.0949. The number of carbonyl (C=O) groups excluding carboxylic acids is 1. The summed E-state index contributed by atoms with van der Waals surface area (Å²) >= 11 is 0. The minimum Gasteiger partial charge on any atom is -0.396 e. The number of ether oxygens (including phenoxy) is 1. The van der Waals surface area contributed by atoms with E-state index in [4.69, 9.17) is 4.74 Å². The van der Waals surface area contributed by atoms with E-state index in [9.17, 15) is 9.90 Å². The maximum absolute atomic E-state index is 12.4. The predicted molar refractivity (Wildman–Crippen MR) is 69.1 cm³/mol. The van der Waals surface area contributed by atoms with Crippen molar-refractivity contribution in [2.45, 2.75) is 39.5 Å². The van der Waals surface area contributed by atoms with Crippen molar-refractivity contribution in [3.8, 4) is 0 Å². The van der Waals surface area contributed by atoms with Crippen LogP contribution in [0.25, 0.3) is 0 Å². The Morgan fingerprint density at radius 3 is 2.61 bits per heavy atom. The normalized spacial score (nSPS) is 29.6. The molecule has 1 aliphatic heterocycles. The van der Waals surface area contributed by atoms with Gasteiger partial charge in [0.25, 0.3) is 0 Å². The second-order valence-corrected chi connectivity index (χ2v) is 6.23. The van der Waals surface area contributed by atoms with Crippen LogP contribution in [-0.2, 0) is 9.53 Å². The molecule has 0 aromatic carbocycles. The van der Waals surface area contributed by atoms with Crippen LogP contribution in [0.4, 0.5) is 0 Å². The van der Waals surface area contributed by atoms with Gasteiger partial charge in [0.15, 0.2) is 0 Å². The summed E-state index contributed by atoms with van der Waals surface area (Å²) in [5, 5.41) is 12.3. The summed E-state index contributed by atoms with van der Waals surface area (Å²) in [6, 6.07) is 0. The van der Waals surface area contributed by atoms with Gasteiger partial charge < -0.3 is 15.2 Å². The summed E-state index contributed by atoms with van der Waals surface area (Å²) < 4.78 is 5.40. The third-order valence-corrected chi connectivity index (χ3v) is 4.62. The smallest absolute Gasteiger partial charge is 0.226 e. The highest BCUT2D eigenvalue weighted by molar-refractivity contribution is 5.87. The van der Waals surface area contributed by atoms with E-state index >= 15 is 0 Å². The van der Waals surface area contributed by atoms with Crippen LogP contribution in [0.2, 0.25) is 0 Å². The molecule has 18 heavy (non-hydrogen) atoms. The molecule has 1 amide bonds. The number of aliphatic hydroxyl groups is 1. The molecule has 1 spiro atoms. The fourth-order valence-corrected chi connectivity index (χ4v) is 3.40. The van der Waals surface area contributed by atoms with Crippen LogP contribution < -0.4 is 5.32 Å². The molecular formula is C14H25NO3. The highest BCUT2D eigenvalue weighted by atomic mass is 16.5. The van der Waals surface area contributed by atoms with Crippen LogP contribution >= 0.6 is 0 Å². The van der Waals surface area contributed by atoms with E-state index in [1.807, 2.05) is 0 Å². The van der Waals surface area contributed by atoms with Gasteiger partial charge in [-0.05, 0) is 37.0 Å². The molecule has 1 atom stereocenters. The molecule has 0 bridgehead atoms. The number of rotatable bonds is 5. The van der Waals surface area contributed by atoms with E-state index < -0.39 is 0 Å². The standard InChI is InChI=1S/C14H25NO3/c1-11(2)9-15-12(17)14(3-6-16)10-13(14)4-7-18-8-5-13/h11,16H,3-10H2,1-2H3,(H,15,17). The molecule has 1 saturated heterocycles. The van der Waals surface area contributed by atoms with Crippen molar-refractivity contribution in [3.63, 3.8) is 0 Å². The number of amides is 1. The van der Waals surface area contributed by atoms with E-state index in [0.29, 0.717) is 12.3 Å². The summed E-state index contributed by atoms with van der Waals surface area (Å²) in [5.74, 6) is 0.608. The zero-order chi connectivity index (χ0) is 13.2. The lowest BCUT2D eigenvalue weighted by molar-refractivity contribution is -0.129. The van der Waals surface area contributed by atoms with Crippen LogP contribution in [0.1, 0.15) is 39.5 Å². The molecule has 0 aromatic rings. The van der Waals surface area contributed by atoms with Gasteiger partial charge in [-0.25, -0.2) is 0 Å². The Bertz CT molecular complexity index is 310. The lowest BCUT2D eigenvalue weighted by Crippen LogP contribution is -2.39. The molecule has 2 N–H and O–H groups in total. The second kappa shape index (κ2) is 5.17. The zero-order valence-electron chi connectivity index (χ0n) is 11.5. The Balaban J connectivity index is 2.02. The Morgan fingerprint density at radius 1 is 1.39 bits per heavy atom. The van der Waals surface area contributed by atoms with Crippen LogP contribution in [0.3, 0.4) is 0 Å². The number of hydrogen-bond donors (Lipinski definition) is 2. The third-order valence-electron chi connectivity index (χ3n) is 4.62. The number of hydrogen-bond acceptors (Lipinski definition) is 3. The van der Waals surface area contributed by atoms with Crippen molar-refractivity contribution in [1.29, 1.82) is 0 Å². The minimum atomic E-state index is -0.319. The number of carbonyl (C=O) groups is 1. The van der Waals surface area contributed by atoms with Crippen LogP contribution in [0.15, 0.2) is 0 Å². The molecular weight excluding hydrogens is 230 g/mol. The first kappa shape index (κ1) is 13.8. The average molecular weight is 255 g/mol. The topological polar surface area (TPSA) is 58.6 Å². The van der Waals surface area contributed by atoms with E-state index in [2.05, 4.69) is 19.2 Å². The van der Waals surface area contributed by atoms with Crippen molar-refractivity contribution in [2.24, 2.45) is 16.7 Å². The predicted octanol–water partition coefficient (Wildman–Crippen LogP) is 1.33. The van der Waals surface area contributed by atoms with Crippen molar-refractivity contribution in [1.82, 2.24) is 5.32 Å². The van der Waals surface area contributed by atoms with E-state index in [0.717, 1.165) is 39.0 Å². The lowest BCUT2D eigenvalue weighted by atomic mass is 9.83. The van der Waals surface area contributed by atoms with Gasteiger partial charge in [-0.3, -0.25) is 4.79 Å². The van der Waals surface area contributed by atoms with Crippen molar-refractivity contribution in [3.05, 3.63) is 0 Å². The third kappa shape index (κ3) is 2.28. The van der Waals surface area contributed by atoms with Crippen LogP contribution in [0, 0.1) is 16.7 Å².